The maximum absolute atomic E-state index is 12.6. The van der Waals surface area contributed by atoms with Crippen LogP contribution in [0.4, 0.5) is 4.79 Å². The summed E-state index contributed by atoms with van der Waals surface area (Å²) in [6, 6.07) is 6.68. The first-order chi connectivity index (χ1) is 14.8. The number of hydrogen-bond donors (Lipinski definition) is 2. The van der Waals surface area contributed by atoms with Crippen molar-refractivity contribution in [2.75, 3.05) is 26.0 Å². The van der Waals surface area contributed by atoms with Crippen LogP contribution < -0.4 is 10.1 Å². The smallest absolute Gasteiger partial charge is 0.325 e. The Morgan fingerprint density at radius 2 is 1.97 bits per heavy atom. The van der Waals surface area contributed by atoms with E-state index < -0.39 is 24.3 Å². The van der Waals surface area contributed by atoms with Gasteiger partial charge in [0.25, 0.3) is 5.91 Å². The normalized spacial score (nSPS) is 21.8. The van der Waals surface area contributed by atoms with Crippen molar-refractivity contribution >= 4 is 28.9 Å². The number of likely N-dealkylation sites (N-methyl/N-ethyl adjacent to an activating group) is 1. The van der Waals surface area contributed by atoms with Gasteiger partial charge in [0.05, 0.1) is 6.54 Å². The second-order valence-electron chi connectivity index (χ2n) is 8.32. The summed E-state index contributed by atoms with van der Waals surface area (Å²) >= 11 is 1.56. The molecule has 0 bridgehead atoms. The molecular weight excluding hydrogens is 416 g/mol. The third-order valence-electron chi connectivity index (χ3n) is 5.43. The van der Waals surface area contributed by atoms with Gasteiger partial charge < -0.3 is 19.6 Å². The van der Waals surface area contributed by atoms with E-state index in [0.29, 0.717) is 16.8 Å². The second-order valence-corrected chi connectivity index (χ2v) is 9.38. The minimum Gasteiger partial charge on any atom is -0.491 e. The van der Waals surface area contributed by atoms with Crippen LogP contribution in [0.25, 0.3) is 0 Å². The van der Waals surface area contributed by atoms with Gasteiger partial charge in [0.15, 0.2) is 17.4 Å². The number of ether oxygens (including phenoxy) is 1. The van der Waals surface area contributed by atoms with Crippen molar-refractivity contribution in [3.05, 3.63) is 29.8 Å². The molecule has 0 radical (unpaired) electrons. The highest BCUT2D eigenvalue weighted by molar-refractivity contribution is 8.13. The summed E-state index contributed by atoms with van der Waals surface area (Å²) < 4.78 is 5.74. The molecule has 2 aliphatic rings. The molecule has 0 saturated carbocycles. The van der Waals surface area contributed by atoms with Crippen molar-refractivity contribution in [2.24, 2.45) is 10.9 Å². The standard InChI is InChI=1S/C22H32N4O4S/c1-5-15-6-8-17(9-7-15)30-13-16(27)12-26-18-19(25(4)21(29)24-20(18)28)23-22(26)31-11-10-14(2)3/h6-9,14,16,18-19,27H,5,10-13H2,1-4H3,(H,24,28,29). The average Bonchev–Trinajstić information content (AvgIpc) is 3.09. The van der Waals surface area contributed by atoms with Gasteiger partial charge in [0.1, 0.15) is 18.5 Å². The molecule has 0 aromatic heterocycles. The van der Waals surface area contributed by atoms with Crippen LogP contribution in [0.1, 0.15) is 32.8 Å². The highest BCUT2D eigenvalue weighted by atomic mass is 32.2. The summed E-state index contributed by atoms with van der Waals surface area (Å²) in [4.78, 5) is 32.5. The molecule has 1 aromatic carbocycles. The van der Waals surface area contributed by atoms with Crippen molar-refractivity contribution in [1.82, 2.24) is 15.1 Å². The fourth-order valence-electron chi connectivity index (χ4n) is 3.49. The fourth-order valence-corrected chi connectivity index (χ4v) is 4.80. The van der Waals surface area contributed by atoms with Crippen LogP contribution >= 0.6 is 11.8 Å². The van der Waals surface area contributed by atoms with Crippen LogP contribution in [-0.2, 0) is 11.2 Å². The van der Waals surface area contributed by atoms with E-state index in [1.54, 1.807) is 18.8 Å². The van der Waals surface area contributed by atoms with Crippen molar-refractivity contribution in [2.45, 2.75) is 51.9 Å². The molecule has 9 heteroatoms. The number of rotatable bonds is 9. The van der Waals surface area contributed by atoms with Gasteiger partial charge in [-0.3, -0.25) is 10.1 Å². The number of carbonyl (C=O) groups is 2. The molecule has 3 amide bonds. The van der Waals surface area contributed by atoms with E-state index in [-0.39, 0.29) is 19.1 Å². The number of benzene rings is 1. The number of aliphatic imine (C=N–C) groups is 1. The summed E-state index contributed by atoms with van der Waals surface area (Å²) in [7, 11) is 1.63. The van der Waals surface area contributed by atoms with E-state index in [4.69, 9.17) is 4.74 Å². The Labute approximate surface area is 188 Å². The van der Waals surface area contributed by atoms with E-state index in [9.17, 15) is 14.7 Å². The second kappa shape index (κ2) is 10.4. The van der Waals surface area contributed by atoms with Crippen LogP contribution in [0.15, 0.2) is 29.3 Å². The van der Waals surface area contributed by atoms with Crippen molar-refractivity contribution in [3.63, 3.8) is 0 Å². The number of hydrogen-bond acceptors (Lipinski definition) is 7. The van der Waals surface area contributed by atoms with E-state index in [1.165, 1.54) is 10.5 Å². The third kappa shape index (κ3) is 5.71. The summed E-state index contributed by atoms with van der Waals surface area (Å²) in [5, 5.41) is 13.7. The highest BCUT2D eigenvalue weighted by Crippen LogP contribution is 2.29. The molecule has 2 aliphatic heterocycles. The molecular formula is C22H32N4O4S. The van der Waals surface area contributed by atoms with E-state index in [1.807, 2.05) is 29.2 Å². The Balaban J connectivity index is 1.66. The minimum absolute atomic E-state index is 0.0969. The molecule has 2 N–H and O–H groups in total. The monoisotopic (exact) mass is 448 g/mol. The van der Waals surface area contributed by atoms with Crippen molar-refractivity contribution in [1.29, 1.82) is 0 Å². The quantitative estimate of drug-likeness (QED) is 0.602. The molecule has 1 fully saturated rings. The maximum atomic E-state index is 12.6. The van der Waals surface area contributed by atoms with Crippen LogP contribution in [0.2, 0.25) is 0 Å². The Kier molecular flexibility index (Phi) is 7.83. The number of aliphatic hydroxyl groups excluding tert-OH is 1. The number of amidine groups is 1. The predicted octanol–water partition coefficient (Wildman–Crippen LogP) is 2.32. The Morgan fingerprint density at radius 3 is 2.61 bits per heavy atom. The number of nitrogens with one attached hydrogen (secondary N) is 1. The van der Waals surface area contributed by atoms with Crippen LogP contribution in [0, 0.1) is 5.92 Å². The number of β-amino-alcohol motifs (C(OH)–C–C–N with tert-alkyl or cyclic N) is 1. The van der Waals surface area contributed by atoms with Gasteiger partial charge in [0, 0.05) is 12.8 Å². The van der Waals surface area contributed by atoms with E-state index >= 15 is 0 Å². The first kappa shape index (κ1) is 23.4. The zero-order valence-corrected chi connectivity index (χ0v) is 19.4. The molecule has 2 heterocycles. The molecule has 1 aromatic rings. The predicted molar refractivity (Wildman–Crippen MR) is 122 cm³/mol. The lowest BCUT2D eigenvalue weighted by atomic mass is 10.1. The summed E-state index contributed by atoms with van der Waals surface area (Å²) in [6.07, 6.45) is 0.553. The summed E-state index contributed by atoms with van der Waals surface area (Å²) in [5.41, 5.74) is 1.22. The SMILES string of the molecule is CCc1ccc(OCC(O)CN2C(SCCC(C)C)=NC3C2C(=O)NC(=O)N3C)cc1. The zero-order chi connectivity index (χ0) is 22.5. The van der Waals surface area contributed by atoms with Gasteiger partial charge >= 0.3 is 6.03 Å². The number of imide groups is 1. The topological polar surface area (TPSA) is 94.5 Å². The average molecular weight is 449 g/mol. The number of nitrogens with zero attached hydrogens (tertiary/aromatic N) is 3. The third-order valence-corrected chi connectivity index (χ3v) is 6.47. The number of aryl methyl sites for hydroxylation is 1. The maximum Gasteiger partial charge on any atom is 0.325 e. The van der Waals surface area contributed by atoms with E-state index in [2.05, 4.69) is 31.1 Å². The fraction of sp³-hybridized carbons (Fsp3) is 0.591. The van der Waals surface area contributed by atoms with Gasteiger partial charge in [-0.2, -0.15) is 0 Å². The molecule has 0 aliphatic carbocycles. The molecule has 3 rings (SSSR count). The van der Waals surface area contributed by atoms with Crippen LogP contribution in [0.5, 0.6) is 5.75 Å². The molecule has 31 heavy (non-hydrogen) atoms. The van der Waals surface area contributed by atoms with Gasteiger partial charge in [-0.1, -0.05) is 44.7 Å². The number of urea groups is 1. The van der Waals surface area contributed by atoms with E-state index in [0.717, 1.165) is 18.6 Å². The molecule has 170 valence electrons. The van der Waals surface area contributed by atoms with Gasteiger partial charge in [-0.15, -0.1) is 0 Å². The Bertz CT molecular complexity index is 814. The lowest BCUT2D eigenvalue weighted by Gasteiger charge is -2.36. The molecule has 3 atom stereocenters. The highest BCUT2D eigenvalue weighted by Gasteiger charge is 2.48. The number of aliphatic hydroxyl groups is 1. The summed E-state index contributed by atoms with van der Waals surface area (Å²) in [5.74, 6) is 1.70. The van der Waals surface area contributed by atoms with Crippen LogP contribution in [0.3, 0.4) is 0 Å². The van der Waals surface area contributed by atoms with Gasteiger partial charge in [-0.05, 0) is 36.5 Å². The number of carbonyl (C=O) groups excluding carboxylic acids is 2. The number of fused-ring (bicyclic) bond motifs is 1. The largest absolute Gasteiger partial charge is 0.491 e. The lowest BCUT2D eigenvalue weighted by Crippen LogP contribution is -2.64. The van der Waals surface area contributed by atoms with Crippen molar-refractivity contribution in [3.8, 4) is 5.75 Å². The molecule has 1 saturated heterocycles. The van der Waals surface area contributed by atoms with Gasteiger partial charge in [0.2, 0.25) is 0 Å². The van der Waals surface area contributed by atoms with Crippen LogP contribution in [-0.4, -0.2) is 76.3 Å². The number of amides is 3. The minimum atomic E-state index is -0.823. The molecule has 0 spiro atoms. The molecule has 8 nitrogen and oxygen atoms in total. The zero-order valence-electron chi connectivity index (χ0n) is 18.6. The Morgan fingerprint density at radius 1 is 1.26 bits per heavy atom. The Hall–Kier alpha value is -2.26. The molecule has 3 unspecified atom stereocenters. The number of thioether (sulfide) groups is 1. The van der Waals surface area contributed by atoms with Gasteiger partial charge in [-0.25, -0.2) is 9.79 Å². The lowest BCUT2D eigenvalue weighted by molar-refractivity contribution is -0.127. The first-order valence-corrected chi connectivity index (χ1v) is 11.7. The van der Waals surface area contributed by atoms with Crippen molar-refractivity contribution < 1.29 is 19.4 Å². The first-order valence-electron chi connectivity index (χ1n) is 10.7. The summed E-state index contributed by atoms with van der Waals surface area (Å²) in [6.45, 7) is 6.69.